The second-order valence-electron chi connectivity index (χ2n) is 2.25. The Morgan fingerprint density at radius 2 is 1.85 bits per heavy atom. The molecular formula is C9H8AlCoOZn. The normalized spacial score (nSPS) is 10.8. The third kappa shape index (κ3) is 3.98. The molecule has 0 saturated carbocycles. The number of hydrogen-bond donors (Lipinski definition) is 0. The molecule has 0 fully saturated rings. The van der Waals surface area contributed by atoms with E-state index >= 15 is 0 Å². The molecule has 0 aliphatic carbocycles. The van der Waals surface area contributed by atoms with Gasteiger partial charge in [0.15, 0.2) is 0 Å². The summed E-state index contributed by atoms with van der Waals surface area (Å²) in [7, 11) is 0. The van der Waals surface area contributed by atoms with Crippen molar-refractivity contribution in [3.63, 3.8) is 0 Å². The van der Waals surface area contributed by atoms with Crippen molar-refractivity contribution in [2.24, 2.45) is 0 Å². The molecule has 0 saturated heterocycles. The minimum Gasteiger partial charge on any atom is -0.489 e. The van der Waals surface area contributed by atoms with Gasteiger partial charge >= 0.3 is 0 Å². The first kappa shape index (κ1) is 15.9. The molecular weight excluding hydrogens is 275 g/mol. The Kier molecular flexibility index (Phi) is 9.52. The van der Waals surface area contributed by atoms with Crippen LogP contribution in [-0.2, 0) is 36.3 Å². The second kappa shape index (κ2) is 7.79. The van der Waals surface area contributed by atoms with Crippen molar-refractivity contribution in [2.45, 2.75) is 0 Å². The zero-order chi connectivity index (χ0) is 6.81. The Hall–Kier alpha value is 0.422. The van der Waals surface area contributed by atoms with Crippen molar-refractivity contribution in [1.29, 1.82) is 0 Å². The molecule has 0 unspecified atom stereocenters. The summed E-state index contributed by atoms with van der Waals surface area (Å²) in [6.07, 6.45) is 4.10. The number of ether oxygens (including phenoxy) is 1. The second-order valence-corrected chi connectivity index (χ2v) is 2.25. The van der Waals surface area contributed by atoms with E-state index in [2.05, 4.69) is 6.08 Å². The summed E-state index contributed by atoms with van der Waals surface area (Å²) in [5, 5.41) is 0. The minimum absolute atomic E-state index is 0. The molecule has 4 radical (unpaired) electrons. The third-order valence-electron chi connectivity index (χ3n) is 1.55. The molecule has 0 spiro atoms. The van der Waals surface area contributed by atoms with E-state index in [1.807, 2.05) is 30.3 Å². The predicted octanol–water partition coefficient (Wildman–Crippen LogP) is 1.71. The van der Waals surface area contributed by atoms with E-state index in [1.54, 1.807) is 0 Å². The molecule has 0 aromatic heterocycles. The van der Waals surface area contributed by atoms with Crippen molar-refractivity contribution < 1.29 is 41.0 Å². The van der Waals surface area contributed by atoms with E-state index in [0.29, 0.717) is 6.61 Å². The monoisotopic (exact) mass is 282 g/mol. The Bertz CT molecular complexity index is 278. The summed E-state index contributed by atoms with van der Waals surface area (Å²) < 4.78 is 5.34. The fourth-order valence-corrected chi connectivity index (χ4v) is 1.06. The average molecular weight is 283 g/mol. The van der Waals surface area contributed by atoms with Gasteiger partial charge in [0, 0.05) is 59.2 Å². The average Bonchev–Trinajstić information content (AvgIpc) is 2.05. The van der Waals surface area contributed by atoms with E-state index in [4.69, 9.17) is 4.74 Å². The van der Waals surface area contributed by atoms with Crippen LogP contribution in [0.5, 0.6) is 5.75 Å². The van der Waals surface area contributed by atoms with Crippen molar-refractivity contribution in [2.75, 3.05) is 6.61 Å². The Morgan fingerprint density at radius 1 is 1.15 bits per heavy atom. The van der Waals surface area contributed by atoms with Crippen LogP contribution in [0.3, 0.4) is 0 Å². The van der Waals surface area contributed by atoms with Crippen molar-refractivity contribution >= 4 is 23.4 Å². The Labute approximate surface area is 112 Å². The molecule has 0 N–H and O–H groups in total. The van der Waals surface area contributed by atoms with Crippen LogP contribution < -0.4 is 4.74 Å². The molecule has 64 valence electrons. The number of benzene rings is 1. The molecule has 1 aromatic carbocycles. The topological polar surface area (TPSA) is 9.23 Å². The van der Waals surface area contributed by atoms with E-state index in [0.717, 1.165) is 5.75 Å². The Morgan fingerprint density at radius 3 is 2.54 bits per heavy atom. The molecule has 0 atom stereocenters. The van der Waals surface area contributed by atoms with Crippen LogP contribution in [0.25, 0.3) is 6.08 Å². The summed E-state index contributed by atoms with van der Waals surface area (Å²) in [6.45, 7) is 0.705. The molecule has 0 bridgehead atoms. The van der Waals surface area contributed by atoms with E-state index in [9.17, 15) is 0 Å². The standard InChI is InChI=1S/C9H8O.Al.Co.Zn/c1-2-6-9-8(4-1)5-3-7-10-9;;;/h1-6H,7H2;;;. The van der Waals surface area contributed by atoms with Crippen LogP contribution in [0, 0.1) is 0 Å². The minimum atomic E-state index is 0. The van der Waals surface area contributed by atoms with E-state index in [-0.39, 0.29) is 53.6 Å². The first-order chi connectivity index (χ1) is 4.97. The third-order valence-corrected chi connectivity index (χ3v) is 1.55. The van der Waals surface area contributed by atoms with Gasteiger partial charge in [-0.2, -0.15) is 0 Å². The van der Waals surface area contributed by atoms with Gasteiger partial charge in [-0.3, -0.25) is 0 Å². The molecule has 1 aliphatic heterocycles. The smallest absolute Gasteiger partial charge is 0.126 e. The van der Waals surface area contributed by atoms with Gasteiger partial charge in [-0.15, -0.1) is 0 Å². The fourth-order valence-electron chi connectivity index (χ4n) is 1.06. The van der Waals surface area contributed by atoms with Crippen molar-refractivity contribution in [3.8, 4) is 5.75 Å². The number of rotatable bonds is 0. The van der Waals surface area contributed by atoms with Crippen LogP contribution >= 0.6 is 0 Å². The van der Waals surface area contributed by atoms with Crippen LogP contribution in [0.1, 0.15) is 5.56 Å². The zero-order valence-electron chi connectivity index (χ0n) is 7.20. The summed E-state index contributed by atoms with van der Waals surface area (Å²) >= 11 is 0. The summed E-state index contributed by atoms with van der Waals surface area (Å²) in [6, 6.07) is 8.03. The van der Waals surface area contributed by atoms with Crippen molar-refractivity contribution in [1.82, 2.24) is 0 Å². The van der Waals surface area contributed by atoms with E-state index in [1.165, 1.54) is 5.56 Å². The summed E-state index contributed by atoms with van der Waals surface area (Å²) in [5.41, 5.74) is 1.17. The first-order valence-corrected chi connectivity index (χ1v) is 3.35. The molecule has 1 aliphatic rings. The quantitative estimate of drug-likeness (QED) is 0.659. The molecule has 0 amide bonds. The summed E-state index contributed by atoms with van der Waals surface area (Å²) in [4.78, 5) is 0. The van der Waals surface area contributed by atoms with Gasteiger partial charge in [0.25, 0.3) is 0 Å². The maximum atomic E-state index is 5.34. The maximum Gasteiger partial charge on any atom is 0.126 e. The maximum absolute atomic E-state index is 5.34. The predicted molar refractivity (Wildman–Crippen MR) is 46.7 cm³/mol. The van der Waals surface area contributed by atoms with Crippen molar-refractivity contribution in [3.05, 3.63) is 35.9 Å². The SMILES string of the molecule is C1=Cc2ccccc2OC1.[Al].[Co].[Zn]. The number of hydrogen-bond acceptors (Lipinski definition) is 1. The first-order valence-electron chi connectivity index (χ1n) is 3.35. The number of fused-ring (bicyclic) bond motifs is 1. The Balaban J connectivity index is 0. The summed E-state index contributed by atoms with van der Waals surface area (Å²) in [5.74, 6) is 0.991. The number of para-hydroxylation sites is 1. The largest absolute Gasteiger partial charge is 0.489 e. The van der Waals surface area contributed by atoms with Crippen LogP contribution in [0.2, 0.25) is 0 Å². The molecule has 2 rings (SSSR count). The molecule has 4 heteroatoms. The molecule has 1 heterocycles. The van der Waals surface area contributed by atoms with Crippen LogP contribution in [-0.4, -0.2) is 24.0 Å². The van der Waals surface area contributed by atoms with Gasteiger partial charge in [-0.1, -0.05) is 24.3 Å². The zero-order valence-corrected chi connectivity index (χ0v) is 12.4. The van der Waals surface area contributed by atoms with Gasteiger partial charge in [0.1, 0.15) is 12.4 Å². The van der Waals surface area contributed by atoms with Gasteiger partial charge < -0.3 is 4.74 Å². The van der Waals surface area contributed by atoms with Gasteiger partial charge in [-0.25, -0.2) is 0 Å². The van der Waals surface area contributed by atoms with E-state index < -0.39 is 0 Å². The molecule has 1 nitrogen and oxygen atoms in total. The van der Waals surface area contributed by atoms with Gasteiger partial charge in [0.05, 0.1) is 0 Å². The fraction of sp³-hybridized carbons (Fsp3) is 0.111. The van der Waals surface area contributed by atoms with Crippen LogP contribution in [0.15, 0.2) is 30.3 Å². The molecule has 1 aromatic rings. The van der Waals surface area contributed by atoms with Gasteiger partial charge in [0.2, 0.25) is 0 Å². The van der Waals surface area contributed by atoms with Crippen LogP contribution in [0.4, 0.5) is 0 Å². The molecule has 13 heavy (non-hydrogen) atoms. The van der Waals surface area contributed by atoms with Gasteiger partial charge in [-0.05, 0) is 12.1 Å².